The van der Waals surface area contributed by atoms with Gasteiger partial charge in [-0.25, -0.2) is 22.9 Å². The maximum absolute atomic E-state index is 13.0. The average molecular weight is 493 g/mol. The minimum atomic E-state index is -4.10. The number of alkyl halides is 1. The molecule has 7 nitrogen and oxygen atoms in total. The van der Waals surface area contributed by atoms with Crippen LogP contribution in [0.5, 0.6) is 0 Å². The third kappa shape index (κ3) is 6.64. The van der Waals surface area contributed by atoms with Crippen LogP contribution in [0.25, 0.3) is 11.1 Å². The molecule has 3 aromatic rings. The fraction of sp³-hybridized carbons (Fsp3) is 0.391. The van der Waals surface area contributed by atoms with E-state index in [1.807, 2.05) is 48.0 Å². The maximum atomic E-state index is 13.0. The monoisotopic (exact) mass is 492 g/mol. The van der Waals surface area contributed by atoms with Gasteiger partial charge in [-0.1, -0.05) is 38.1 Å². The van der Waals surface area contributed by atoms with E-state index in [2.05, 4.69) is 28.9 Å². The standard InChI is InChI=1S/C23H29FN4O3S2/c1-16(2)13-20-14-21(22(32-20)33(30,31)27-23(29)26-10-4-9-24)19-7-5-18(6-8-19)15-28-12-11-25-17(28)3/h5-8,11-12,14,16H,4,9-10,13,15H2,1-3H3,(H2,26,27,29). The highest BCUT2D eigenvalue weighted by Crippen LogP contribution is 2.36. The van der Waals surface area contributed by atoms with E-state index in [0.717, 1.165) is 28.2 Å². The van der Waals surface area contributed by atoms with E-state index >= 15 is 0 Å². The van der Waals surface area contributed by atoms with E-state index in [1.165, 1.54) is 11.3 Å². The highest BCUT2D eigenvalue weighted by molar-refractivity contribution is 7.92. The molecule has 0 atom stereocenters. The largest absolute Gasteiger partial charge is 0.337 e. The zero-order valence-electron chi connectivity index (χ0n) is 19.0. The number of thiophene rings is 1. The Bertz CT molecular complexity index is 1180. The summed E-state index contributed by atoms with van der Waals surface area (Å²) in [6.45, 7) is 6.21. The van der Waals surface area contributed by atoms with Crippen molar-refractivity contribution >= 4 is 27.4 Å². The molecule has 0 unspecified atom stereocenters. The molecule has 0 saturated heterocycles. The van der Waals surface area contributed by atoms with Gasteiger partial charge in [0.25, 0.3) is 10.0 Å². The molecule has 10 heteroatoms. The molecule has 0 aliphatic heterocycles. The molecule has 3 rings (SSSR count). The molecule has 0 fully saturated rings. The quantitative estimate of drug-likeness (QED) is 0.407. The number of nitrogens with zero attached hydrogens (tertiary/aromatic N) is 2. The van der Waals surface area contributed by atoms with Gasteiger partial charge in [0.15, 0.2) is 0 Å². The van der Waals surface area contributed by atoms with Crippen molar-refractivity contribution < 1.29 is 17.6 Å². The van der Waals surface area contributed by atoms with Crippen LogP contribution in [-0.2, 0) is 23.0 Å². The smallest absolute Gasteiger partial charge is 0.328 e. The molecular formula is C23H29FN4O3S2. The SMILES string of the molecule is Cc1nccn1Cc1ccc(-c2cc(CC(C)C)sc2S(=O)(=O)NC(=O)NCCCF)cc1. The first kappa shape index (κ1) is 24.9. The van der Waals surface area contributed by atoms with E-state index in [4.69, 9.17) is 0 Å². The number of imidazole rings is 1. The lowest BCUT2D eigenvalue weighted by Gasteiger charge is -2.10. The topological polar surface area (TPSA) is 93.1 Å². The second-order valence-corrected chi connectivity index (χ2v) is 11.2. The number of hydrogen-bond acceptors (Lipinski definition) is 5. The van der Waals surface area contributed by atoms with Crippen LogP contribution in [0.4, 0.5) is 9.18 Å². The van der Waals surface area contributed by atoms with Gasteiger partial charge in [0, 0.05) is 35.9 Å². The van der Waals surface area contributed by atoms with Gasteiger partial charge in [0.1, 0.15) is 10.0 Å². The predicted molar refractivity (Wildman–Crippen MR) is 129 cm³/mol. The Morgan fingerprint density at radius 3 is 2.58 bits per heavy atom. The number of amides is 2. The van der Waals surface area contributed by atoms with Crippen LogP contribution >= 0.6 is 11.3 Å². The van der Waals surface area contributed by atoms with Crippen LogP contribution in [0.3, 0.4) is 0 Å². The van der Waals surface area contributed by atoms with Crippen molar-refractivity contribution in [1.29, 1.82) is 0 Å². The molecule has 0 saturated carbocycles. The van der Waals surface area contributed by atoms with E-state index in [-0.39, 0.29) is 17.2 Å². The number of carbonyl (C=O) groups excluding carboxylic acids is 1. The van der Waals surface area contributed by atoms with Crippen molar-refractivity contribution in [2.45, 2.75) is 44.4 Å². The normalized spacial score (nSPS) is 11.7. The van der Waals surface area contributed by atoms with Gasteiger partial charge in [-0.3, -0.25) is 4.39 Å². The Morgan fingerprint density at radius 2 is 1.97 bits per heavy atom. The molecule has 0 bridgehead atoms. The molecule has 2 N–H and O–H groups in total. The van der Waals surface area contributed by atoms with Crippen molar-refractivity contribution in [2.75, 3.05) is 13.2 Å². The van der Waals surface area contributed by atoms with E-state index in [9.17, 15) is 17.6 Å². The molecule has 0 radical (unpaired) electrons. The molecule has 2 aromatic heterocycles. The molecule has 178 valence electrons. The third-order valence-corrected chi connectivity index (χ3v) is 7.99. The number of aryl methyl sites for hydroxylation is 1. The van der Waals surface area contributed by atoms with Gasteiger partial charge in [-0.05, 0) is 42.9 Å². The van der Waals surface area contributed by atoms with Gasteiger partial charge in [0.05, 0.1) is 6.67 Å². The van der Waals surface area contributed by atoms with Crippen LogP contribution in [0.2, 0.25) is 0 Å². The first-order valence-corrected chi connectivity index (χ1v) is 13.1. The van der Waals surface area contributed by atoms with Crippen molar-refractivity contribution in [2.24, 2.45) is 5.92 Å². The van der Waals surface area contributed by atoms with Crippen molar-refractivity contribution in [3.8, 4) is 11.1 Å². The number of hydrogen-bond donors (Lipinski definition) is 2. The lowest BCUT2D eigenvalue weighted by atomic mass is 10.0. The molecular weight excluding hydrogens is 463 g/mol. The number of nitrogens with one attached hydrogen (secondary N) is 2. The van der Waals surface area contributed by atoms with Crippen LogP contribution < -0.4 is 10.0 Å². The van der Waals surface area contributed by atoms with Crippen molar-refractivity contribution in [1.82, 2.24) is 19.6 Å². The first-order chi connectivity index (χ1) is 15.7. The zero-order chi connectivity index (χ0) is 24.0. The summed E-state index contributed by atoms with van der Waals surface area (Å²) >= 11 is 1.17. The lowest BCUT2D eigenvalue weighted by Crippen LogP contribution is -2.39. The van der Waals surface area contributed by atoms with Crippen molar-refractivity contribution in [3.63, 3.8) is 0 Å². The highest BCUT2D eigenvalue weighted by atomic mass is 32.2. The minimum absolute atomic E-state index is 0.0611. The summed E-state index contributed by atoms with van der Waals surface area (Å²) in [6, 6.07) is 8.73. The molecule has 33 heavy (non-hydrogen) atoms. The van der Waals surface area contributed by atoms with Crippen LogP contribution in [-0.4, -0.2) is 37.2 Å². The second kappa shape index (κ2) is 10.9. The van der Waals surface area contributed by atoms with Gasteiger partial charge in [-0.15, -0.1) is 11.3 Å². The number of sulfonamides is 1. The van der Waals surface area contributed by atoms with E-state index < -0.39 is 22.7 Å². The summed E-state index contributed by atoms with van der Waals surface area (Å²) in [5.41, 5.74) is 2.38. The van der Waals surface area contributed by atoms with Gasteiger partial charge < -0.3 is 9.88 Å². The van der Waals surface area contributed by atoms with Gasteiger partial charge in [0.2, 0.25) is 0 Å². The Hall–Kier alpha value is -2.72. The van der Waals surface area contributed by atoms with E-state index in [0.29, 0.717) is 18.0 Å². The molecule has 0 spiro atoms. The Labute approximate surface area is 198 Å². The number of aromatic nitrogens is 2. The second-order valence-electron chi connectivity index (χ2n) is 8.22. The summed E-state index contributed by atoms with van der Waals surface area (Å²) in [4.78, 5) is 17.2. The summed E-state index contributed by atoms with van der Waals surface area (Å²) in [6.07, 6.45) is 4.52. The molecule has 1 aromatic carbocycles. The average Bonchev–Trinajstić information content (AvgIpc) is 3.35. The highest BCUT2D eigenvalue weighted by Gasteiger charge is 2.25. The number of benzene rings is 1. The number of rotatable bonds is 10. The lowest BCUT2D eigenvalue weighted by molar-refractivity contribution is 0.245. The van der Waals surface area contributed by atoms with Crippen LogP contribution in [0.1, 0.15) is 36.5 Å². The number of carbonyl (C=O) groups is 1. The summed E-state index contributed by atoms with van der Waals surface area (Å²) < 4.78 is 42.5. The zero-order valence-corrected chi connectivity index (χ0v) is 20.6. The van der Waals surface area contributed by atoms with Gasteiger partial charge >= 0.3 is 6.03 Å². The maximum Gasteiger partial charge on any atom is 0.328 e. The summed E-state index contributed by atoms with van der Waals surface area (Å²) in [7, 11) is -4.10. The molecule has 0 aliphatic carbocycles. The molecule has 2 amide bonds. The van der Waals surface area contributed by atoms with Crippen LogP contribution in [0.15, 0.2) is 46.9 Å². The van der Waals surface area contributed by atoms with Crippen LogP contribution in [0, 0.1) is 12.8 Å². The predicted octanol–water partition coefficient (Wildman–Crippen LogP) is 4.51. The molecule has 2 heterocycles. The first-order valence-electron chi connectivity index (χ1n) is 10.8. The third-order valence-electron chi connectivity index (χ3n) is 4.97. The summed E-state index contributed by atoms with van der Waals surface area (Å²) in [5, 5.41) is 2.37. The number of urea groups is 1. The molecule has 0 aliphatic rings. The Morgan fingerprint density at radius 1 is 1.24 bits per heavy atom. The fourth-order valence-corrected chi connectivity index (χ4v) is 6.24. The fourth-order valence-electron chi connectivity index (χ4n) is 3.36. The Kier molecular flexibility index (Phi) is 8.25. The number of halogens is 1. The Balaban J connectivity index is 1.88. The van der Waals surface area contributed by atoms with E-state index in [1.54, 1.807) is 6.20 Å². The minimum Gasteiger partial charge on any atom is -0.337 e. The van der Waals surface area contributed by atoms with Crippen molar-refractivity contribution in [3.05, 3.63) is 59.0 Å². The van der Waals surface area contributed by atoms with Gasteiger partial charge in [-0.2, -0.15) is 0 Å². The summed E-state index contributed by atoms with van der Waals surface area (Å²) in [5.74, 6) is 1.27.